The molecule has 0 saturated carbocycles. The van der Waals surface area contributed by atoms with Crippen molar-refractivity contribution in [2.24, 2.45) is 0 Å². The first-order valence-electron chi connectivity index (χ1n) is 16.2. The van der Waals surface area contributed by atoms with Gasteiger partial charge in [-0.2, -0.15) is 0 Å². The fourth-order valence-corrected chi connectivity index (χ4v) is 7.01. The Morgan fingerprint density at radius 3 is 1.31 bits per heavy atom. The van der Waals surface area contributed by atoms with Crippen molar-refractivity contribution in [1.82, 2.24) is 19.9 Å². The second kappa shape index (κ2) is 11.8. The van der Waals surface area contributed by atoms with Gasteiger partial charge in [-0.25, -0.2) is 14.8 Å². The van der Waals surface area contributed by atoms with Crippen LogP contribution in [-0.2, 0) is 17.1 Å². The number of carboxylic acids is 1. The number of fused-ring (bicyclic) bond motifs is 20. The van der Waals surface area contributed by atoms with Crippen LogP contribution in [0.3, 0.4) is 0 Å². The molecule has 0 saturated heterocycles. The molecule has 5 aromatic carbocycles. The van der Waals surface area contributed by atoms with Gasteiger partial charge in [-0.15, -0.1) is 22.1 Å². The Morgan fingerprint density at radius 2 is 0.863 bits per heavy atom. The molecule has 0 aliphatic carbocycles. The Morgan fingerprint density at radius 1 is 0.471 bits per heavy atom. The van der Waals surface area contributed by atoms with Gasteiger partial charge in [0.1, 0.15) is 11.5 Å². The monoisotopic (exact) mass is 707 g/mol. The first-order valence-corrected chi connectivity index (χ1v) is 16.2. The van der Waals surface area contributed by atoms with Gasteiger partial charge < -0.3 is 19.8 Å². The molecule has 245 valence electrons. The zero-order valence-electron chi connectivity index (χ0n) is 26.6. The van der Waals surface area contributed by atoms with E-state index >= 15 is 0 Å². The second-order valence-electron chi connectivity index (χ2n) is 12.4. The van der Waals surface area contributed by atoms with Gasteiger partial charge in [0.25, 0.3) is 0 Å². The summed E-state index contributed by atoms with van der Waals surface area (Å²) in [7, 11) is 0. The van der Waals surface area contributed by atoms with Crippen LogP contribution in [0.4, 0.5) is 0 Å². The Balaban J connectivity index is 0.00000348. The summed E-state index contributed by atoms with van der Waals surface area (Å²) in [5.41, 5.74) is 10.9. The molecule has 1 N–H and O–H groups in total. The van der Waals surface area contributed by atoms with Gasteiger partial charge in [-0.3, -0.25) is 0 Å². The van der Waals surface area contributed by atoms with Crippen LogP contribution in [0.5, 0.6) is 11.5 Å². The number of aromatic carboxylic acids is 1. The van der Waals surface area contributed by atoms with Crippen LogP contribution in [0.15, 0.2) is 140 Å². The quantitative estimate of drug-likeness (QED) is 0.182. The summed E-state index contributed by atoms with van der Waals surface area (Å²) in [6.45, 7) is 0. The van der Waals surface area contributed by atoms with Crippen molar-refractivity contribution < 1.29 is 31.7 Å². The first kappa shape index (κ1) is 30.6. The van der Waals surface area contributed by atoms with Crippen LogP contribution >= 0.6 is 0 Å². The summed E-state index contributed by atoms with van der Waals surface area (Å²) in [6.07, 6.45) is 0. The van der Waals surface area contributed by atoms with Crippen molar-refractivity contribution in [2.45, 2.75) is 0 Å². The largest absolute Gasteiger partial charge is 2.00 e. The maximum atomic E-state index is 11.4. The number of carboxylic acid groups (broad SMARTS) is 1. The van der Waals surface area contributed by atoms with Crippen molar-refractivity contribution >= 4 is 49.6 Å². The minimum absolute atomic E-state index is 0. The number of ether oxygens (including phenoxy) is 1. The molecule has 3 aromatic heterocycles. The molecule has 1 radical (unpaired) electrons. The molecule has 7 nitrogen and oxygen atoms in total. The van der Waals surface area contributed by atoms with Crippen molar-refractivity contribution in [3.63, 3.8) is 0 Å². The van der Waals surface area contributed by atoms with Crippen LogP contribution in [0.1, 0.15) is 10.4 Å². The summed E-state index contributed by atoms with van der Waals surface area (Å²) in [6, 6.07) is 45.3. The van der Waals surface area contributed by atoms with Gasteiger partial charge >= 0.3 is 23.0 Å². The summed E-state index contributed by atoms with van der Waals surface area (Å²) in [4.78, 5) is 32.0. The van der Waals surface area contributed by atoms with Crippen LogP contribution in [0.2, 0.25) is 0 Å². The van der Waals surface area contributed by atoms with Gasteiger partial charge in [0.05, 0.1) is 28.3 Å². The molecule has 10 rings (SSSR count). The standard InChI is InChI=1S/C43H25N4O3.Cu/c48-43(49)24-13-15-25(16-14-24)50-26-17-18-33-34(19-26)42-23-40-32-12-6-5-11-31(32)38(46-40)21-36-28-8-2-1-7-27(28)35(44-36)20-37-29-9-3-4-10-30(29)39(45-37)22-41(33)47-42;/h1-23H,(H2-,44,45,46,47,48,49);/q-1;+2/p-1. The minimum atomic E-state index is -0.984. The zero-order chi connectivity index (χ0) is 33.3. The van der Waals surface area contributed by atoms with Gasteiger partial charge in [-0.1, -0.05) is 78.9 Å². The molecular formula is C43H24CuN4O3. The third-order valence-corrected chi connectivity index (χ3v) is 9.37. The van der Waals surface area contributed by atoms with Gasteiger partial charge in [0.15, 0.2) is 0 Å². The number of hydrogen-bond donors (Lipinski definition) is 1. The van der Waals surface area contributed by atoms with E-state index in [0.717, 1.165) is 88.6 Å². The average Bonchev–Trinajstić information content (AvgIpc) is 3.87. The van der Waals surface area contributed by atoms with E-state index < -0.39 is 5.97 Å². The zero-order valence-corrected chi connectivity index (χ0v) is 27.6. The Hall–Kier alpha value is -6.47. The van der Waals surface area contributed by atoms with Crippen LogP contribution in [0.25, 0.3) is 88.6 Å². The Bertz CT molecular complexity index is 2890. The van der Waals surface area contributed by atoms with Crippen LogP contribution in [-0.4, -0.2) is 21.0 Å². The average molecular weight is 708 g/mol. The van der Waals surface area contributed by atoms with E-state index in [1.807, 2.05) is 66.7 Å². The van der Waals surface area contributed by atoms with Crippen LogP contribution < -0.4 is 14.7 Å². The molecule has 8 bridgehead atoms. The fraction of sp³-hybridized carbons (Fsp3) is 0. The molecule has 51 heavy (non-hydrogen) atoms. The third kappa shape index (κ3) is 5.08. The topological polar surface area (TPSA) is 101 Å². The number of aromatic nitrogens is 4. The summed E-state index contributed by atoms with van der Waals surface area (Å²) < 4.78 is 6.20. The van der Waals surface area contributed by atoms with Crippen molar-refractivity contribution in [3.8, 4) is 56.5 Å². The molecule has 0 amide bonds. The molecular weight excluding hydrogens is 684 g/mol. The third-order valence-electron chi connectivity index (χ3n) is 9.37. The molecule has 8 heteroatoms. The second-order valence-corrected chi connectivity index (χ2v) is 12.4. The number of rotatable bonds is 3. The number of carbonyl (C=O) groups is 1. The number of hydrogen-bond acceptors (Lipinski definition) is 4. The SMILES string of the molecule is O=C(O)c1ccc(Oc2ccc3c4cc5nc(cc6[n-]c(cc7nc(cc([n-]4)c3c2)-c2ccccc2-7)c2ccccc62)-c2ccccc2-5)cc1.[Cu+2]. The van der Waals surface area contributed by atoms with E-state index in [1.54, 1.807) is 12.1 Å². The molecule has 0 unspecified atom stereocenters. The molecule has 5 heterocycles. The molecule has 2 aliphatic heterocycles. The predicted molar refractivity (Wildman–Crippen MR) is 196 cm³/mol. The van der Waals surface area contributed by atoms with E-state index in [9.17, 15) is 9.90 Å². The first-order chi connectivity index (χ1) is 24.6. The van der Waals surface area contributed by atoms with Crippen LogP contribution in [0, 0.1) is 0 Å². The normalized spacial score (nSPS) is 11.5. The maximum absolute atomic E-state index is 11.4. The maximum Gasteiger partial charge on any atom is 2.00 e. The summed E-state index contributed by atoms with van der Waals surface area (Å²) >= 11 is 0. The van der Waals surface area contributed by atoms with Gasteiger partial charge in [0, 0.05) is 22.3 Å². The van der Waals surface area contributed by atoms with Gasteiger partial charge in [-0.05, 0) is 82.2 Å². The fourth-order valence-electron chi connectivity index (χ4n) is 7.01. The number of nitrogens with zero attached hydrogens (tertiary/aromatic N) is 4. The molecule has 0 atom stereocenters. The van der Waals surface area contributed by atoms with Crippen molar-refractivity contribution in [1.29, 1.82) is 0 Å². The molecule has 2 aliphatic rings. The van der Waals surface area contributed by atoms with Crippen molar-refractivity contribution in [2.75, 3.05) is 0 Å². The van der Waals surface area contributed by atoms with E-state index in [0.29, 0.717) is 11.5 Å². The molecule has 0 fully saturated rings. The smallest absolute Gasteiger partial charge is 0.657 e. The number of benzene rings is 5. The predicted octanol–water partition coefficient (Wildman–Crippen LogP) is 10.0. The summed E-state index contributed by atoms with van der Waals surface area (Å²) in [5.74, 6) is 0.156. The Labute approximate surface area is 301 Å². The van der Waals surface area contributed by atoms with E-state index in [4.69, 9.17) is 24.7 Å². The molecule has 0 spiro atoms. The molecule has 8 aromatic rings. The summed E-state index contributed by atoms with van der Waals surface area (Å²) in [5, 5.41) is 13.3. The minimum Gasteiger partial charge on any atom is -0.657 e. The van der Waals surface area contributed by atoms with E-state index in [2.05, 4.69) is 48.5 Å². The van der Waals surface area contributed by atoms with Crippen molar-refractivity contribution in [3.05, 3.63) is 145 Å². The van der Waals surface area contributed by atoms with E-state index in [1.165, 1.54) is 12.1 Å². The Kier molecular flexibility index (Phi) is 7.10. The van der Waals surface area contributed by atoms with Gasteiger partial charge in [0.2, 0.25) is 0 Å². The van der Waals surface area contributed by atoms with E-state index in [-0.39, 0.29) is 22.6 Å².